The molecule has 7 nitrogen and oxygen atoms in total. The molecule has 0 fully saturated rings. The lowest BCUT2D eigenvalue weighted by Gasteiger charge is -2.15. The molecule has 0 aliphatic heterocycles. The molecule has 0 aliphatic rings. The molecule has 0 saturated carbocycles. The smallest absolute Gasteiger partial charge is 0.340 e. The average molecular weight is 398 g/mol. The van der Waals surface area contributed by atoms with E-state index in [0.717, 1.165) is 6.07 Å². The first-order valence-electron chi connectivity index (χ1n) is 7.35. The van der Waals surface area contributed by atoms with E-state index in [4.69, 9.17) is 16.3 Å². The molecule has 0 heterocycles. The third kappa shape index (κ3) is 4.47. The van der Waals surface area contributed by atoms with Crippen molar-refractivity contribution in [2.75, 3.05) is 20.8 Å². The first kappa shape index (κ1) is 20.1. The van der Waals surface area contributed by atoms with Crippen LogP contribution < -0.4 is 0 Å². The zero-order valence-electron chi connectivity index (χ0n) is 14.0. The summed E-state index contributed by atoms with van der Waals surface area (Å²) >= 11 is 5.96. The molecule has 0 amide bonds. The van der Waals surface area contributed by atoms with Crippen LogP contribution in [0.2, 0.25) is 5.02 Å². The van der Waals surface area contributed by atoms with E-state index in [-0.39, 0.29) is 15.5 Å². The fourth-order valence-corrected chi connectivity index (χ4v) is 3.18. The quantitative estimate of drug-likeness (QED) is 0.405. The van der Waals surface area contributed by atoms with Gasteiger partial charge in [-0.05, 0) is 18.2 Å². The number of nitrogens with zero attached hydrogens (tertiary/aromatic N) is 1. The van der Waals surface area contributed by atoms with Crippen LogP contribution in [-0.2, 0) is 19.6 Å². The summed E-state index contributed by atoms with van der Waals surface area (Å²) in [6, 6.07) is 11.9. The molecule has 2 rings (SSSR count). The highest BCUT2D eigenvalue weighted by Crippen LogP contribution is 2.23. The van der Waals surface area contributed by atoms with Crippen LogP contribution in [-0.4, -0.2) is 45.4 Å². The lowest BCUT2D eigenvalue weighted by atomic mass is 10.1. The molecule has 138 valence electrons. The molecule has 0 unspecified atom stereocenters. The van der Waals surface area contributed by atoms with E-state index in [1.807, 2.05) is 0 Å². The largest absolute Gasteiger partial charge is 0.454 e. The van der Waals surface area contributed by atoms with E-state index in [1.54, 1.807) is 30.3 Å². The fourth-order valence-electron chi connectivity index (χ4n) is 1.98. The lowest BCUT2D eigenvalue weighted by Crippen LogP contribution is -2.26. The van der Waals surface area contributed by atoms with Gasteiger partial charge in [-0.1, -0.05) is 46.4 Å². The van der Waals surface area contributed by atoms with Crippen LogP contribution in [0.3, 0.4) is 0 Å². The number of rotatable bonds is 7. The Labute approximate surface area is 156 Å². The molecule has 2 aromatic rings. The maximum absolute atomic E-state index is 12.3. The van der Waals surface area contributed by atoms with Gasteiger partial charge in [0.25, 0.3) is 10.0 Å². The van der Waals surface area contributed by atoms with Crippen LogP contribution in [0, 0.1) is 0 Å². The van der Waals surface area contributed by atoms with Gasteiger partial charge in [0.15, 0.2) is 12.4 Å². The Morgan fingerprint density at radius 1 is 1.12 bits per heavy atom. The normalized spacial score (nSPS) is 11.4. The first-order chi connectivity index (χ1) is 12.3. The number of ether oxygens (including phenoxy) is 1. The van der Waals surface area contributed by atoms with E-state index in [0.29, 0.717) is 10.0 Å². The standard InChI is InChI=1S/C17H16ClNO6S/c1-19(24-2)26(22,23)13-8-9-15(18)14(10-13)17(21)25-11-16(20)12-6-4-3-5-7-12/h3-10H,11H2,1-2H3. The number of ketones is 1. The minimum atomic E-state index is -3.96. The zero-order chi connectivity index (χ0) is 19.3. The van der Waals surface area contributed by atoms with Gasteiger partial charge in [-0.3, -0.25) is 9.63 Å². The third-order valence-corrected chi connectivity index (χ3v) is 5.49. The number of carbonyl (C=O) groups is 2. The second-order valence-electron chi connectivity index (χ2n) is 5.10. The maximum atomic E-state index is 12.3. The summed E-state index contributed by atoms with van der Waals surface area (Å²) in [4.78, 5) is 28.7. The van der Waals surface area contributed by atoms with Crippen LogP contribution >= 0.6 is 11.6 Å². The highest BCUT2D eigenvalue weighted by atomic mass is 35.5. The molecule has 0 N–H and O–H groups in total. The fraction of sp³-hybridized carbons (Fsp3) is 0.176. The number of benzene rings is 2. The van der Waals surface area contributed by atoms with E-state index in [1.165, 1.54) is 26.3 Å². The number of hydrogen-bond acceptors (Lipinski definition) is 6. The van der Waals surface area contributed by atoms with E-state index >= 15 is 0 Å². The van der Waals surface area contributed by atoms with Crippen molar-refractivity contribution in [2.24, 2.45) is 0 Å². The lowest BCUT2D eigenvalue weighted by molar-refractivity contribution is -0.0258. The second kappa shape index (κ2) is 8.41. The van der Waals surface area contributed by atoms with Crippen LogP contribution in [0.4, 0.5) is 0 Å². The first-order valence-corrected chi connectivity index (χ1v) is 9.17. The van der Waals surface area contributed by atoms with Crippen molar-refractivity contribution in [3.05, 3.63) is 64.7 Å². The van der Waals surface area contributed by atoms with Gasteiger partial charge in [-0.25, -0.2) is 13.2 Å². The van der Waals surface area contributed by atoms with Crippen molar-refractivity contribution in [3.8, 4) is 0 Å². The molecular formula is C17H16ClNO6S. The topological polar surface area (TPSA) is 90.0 Å². The summed E-state index contributed by atoms with van der Waals surface area (Å²) in [5, 5.41) is 0.00109. The highest BCUT2D eigenvalue weighted by Gasteiger charge is 2.24. The summed E-state index contributed by atoms with van der Waals surface area (Å²) in [7, 11) is -1.56. The minimum absolute atomic E-state index is 0.00109. The summed E-state index contributed by atoms with van der Waals surface area (Å²) in [5.74, 6) is -1.30. The number of sulfonamides is 1. The van der Waals surface area contributed by atoms with Gasteiger partial charge in [0, 0.05) is 12.6 Å². The summed E-state index contributed by atoms with van der Waals surface area (Å²) in [6.45, 7) is -0.492. The van der Waals surface area contributed by atoms with E-state index < -0.39 is 28.4 Å². The third-order valence-electron chi connectivity index (χ3n) is 3.48. The number of hydrogen-bond donors (Lipinski definition) is 0. The molecule has 0 radical (unpaired) electrons. The van der Waals surface area contributed by atoms with E-state index in [2.05, 4.69) is 4.84 Å². The van der Waals surface area contributed by atoms with Crippen molar-refractivity contribution >= 4 is 33.4 Å². The molecular weight excluding hydrogens is 382 g/mol. The maximum Gasteiger partial charge on any atom is 0.340 e. The van der Waals surface area contributed by atoms with Crippen molar-refractivity contribution in [3.63, 3.8) is 0 Å². The molecule has 0 spiro atoms. The Kier molecular flexibility index (Phi) is 6.49. The molecule has 26 heavy (non-hydrogen) atoms. The Morgan fingerprint density at radius 3 is 2.38 bits per heavy atom. The average Bonchev–Trinajstić information content (AvgIpc) is 2.65. The summed E-state index contributed by atoms with van der Waals surface area (Å²) in [5.41, 5.74) is 0.225. The second-order valence-corrected chi connectivity index (χ2v) is 7.45. The van der Waals surface area contributed by atoms with Gasteiger partial charge < -0.3 is 4.74 Å². The molecule has 9 heteroatoms. The number of carbonyl (C=O) groups excluding carboxylic acids is 2. The van der Waals surface area contributed by atoms with Crippen LogP contribution in [0.1, 0.15) is 20.7 Å². The van der Waals surface area contributed by atoms with Gasteiger partial charge >= 0.3 is 5.97 Å². The van der Waals surface area contributed by atoms with Crippen LogP contribution in [0.15, 0.2) is 53.4 Å². The molecule has 0 aromatic heterocycles. The molecule has 0 saturated heterocycles. The van der Waals surface area contributed by atoms with Crippen molar-refractivity contribution < 1.29 is 27.6 Å². The van der Waals surface area contributed by atoms with Crippen LogP contribution in [0.5, 0.6) is 0 Å². The number of Topliss-reactive ketones (excluding diaryl/α,β-unsaturated/α-hetero) is 1. The molecule has 2 aromatic carbocycles. The Morgan fingerprint density at radius 2 is 1.77 bits per heavy atom. The monoisotopic (exact) mass is 397 g/mol. The van der Waals surface area contributed by atoms with Gasteiger partial charge in [0.05, 0.1) is 22.6 Å². The predicted octanol–water partition coefficient (Wildman–Crippen LogP) is 2.56. The van der Waals surface area contributed by atoms with Crippen LogP contribution in [0.25, 0.3) is 0 Å². The Hall–Kier alpha value is -2.26. The number of halogens is 1. The van der Waals surface area contributed by atoms with Crippen molar-refractivity contribution in [1.82, 2.24) is 4.47 Å². The summed E-state index contributed by atoms with van der Waals surface area (Å²) < 4.78 is 30.1. The Balaban J connectivity index is 2.19. The van der Waals surface area contributed by atoms with Crippen molar-refractivity contribution in [1.29, 1.82) is 0 Å². The molecule has 0 aliphatic carbocycles. The van der Waals surface area contributed by atoms with Gasteiger partial charge in [-0.2, -0.15) is 0 Å². The summed E-state index contributed by atoms with van der Waals surface area (Å²) in [6.07, 6.45) is 0. The molecule has 0 bridgehead atoms. The van der Waals surface area contributed by atoms with Gasteiger partial charge in [-0.15, -0.1) is 0 Å². The molecule has 0 atom stereocenters. The SMILES string of the molecule is CON(C)S(=O)(=O)c1ccc(Cl)c(C(=O)OCC(=O)c2ccccc2)c1. The Bertz CT molecular complexity index is 914. The van der Waals surface area contributed by atoms with E-state index in [9.17, 15) is 18.0 Å². The number of hydroxylamine groups is 1. The van der Waals surface area contributed by atoms with Gasteiger partial charge in [0.2, 0.25) is 0 Å². The number of esters is 1. The van der Waals surface area contributed by atoms with Crippen molar-refractivity contribution in [2.45, 2.75) is 4.90 Å². The zero-order valence-corrected chi connectivity index (χ0v) is 15.6. The predicted molar refractivity (Wildman–Crippen MR) is 94.5 cm³/mol. The van der Waals surface area contributed by atoms with Gasteiger partial charge in [0.1, 0.15) is 0 Å². The minimum Gasteiger partial charge on any atom is -0.454 e. The highest BCUT2D eigenvalue weighted by molar-refractivity contribution is 7.89.